The van der Waals surface area contributed by atoms with Gasteiger partial charge in [-0.2, -0.15) is 0 Å². The first-order chi connectivity index (χ1) is 17.8. The number of alkyl carbamates (subject to hydrolysis) is 1. The second-order valence-corrected chi connectivity index (χ2v) is 11.2. The molecule has 0 spiro atoms. The summed E-state index contributed by atoms with van der Waals surface area (Å²) in [5.74, 6) is 0.386. The van der Waals surface area contributed by atoms with Crippen LogP contribution < -0.4 is 15.5 Å². The SMILES string of the molecule is CC(C)OC(=O)Nc1ccc(-c2cnc(C3CCC(NC(=O)OC(C)C)CC3)s2)c(N2CCOCC2)c1. The molecular formula is C27H38N4O5S. The number of carbonyl (C=O) groups is 2. The van der Waals surface area contributed by atoms with E-state index in [1.807, 2.05) is 52.1 Å². The lowest BCUT2D eigenvalue weighted by Gasteiger charge is -2.31. The maximum absolute atomic E-state index is 12.2. The fraction of sp³-hybridized carbons (Fsp3) is 0.593. The predicted molar refractivity (Wildman–Crippen MR) is 146 cm³/mol. The van der Waals surface area contributed by atoms with Crippen molar-refractivity contribution in [2.75, 3.05) is 36.5 Å². The van der Waals surface area contributed by atoms with E-state index in [0.717, 1.165) is 59.9 Å². The lowest BCUT2D eigenvalue weighted by Crippen LogP contribution is -2.38. The molecule has 0 bridgehead atoms. The molecule has 2 aliphatic rings. The fourth-order valence-electron chi connectivity index (χ4n) is 4.75. The van der Waals surface area contributed by atoms with Gasteiger partial charge >= 0.3 is 12.2 Å². The Bertz CT molecular complexity index is 1060. The Morgan fingerprint density at radius 1 is 1.03 bits per heavy atom. The number of benzene rings is 1. The van der Waals surface area contributed by atoms with Crippen LogP contribution in [0.1, 0.15) is 64.3 Å². The Kier molecular flexibility index (Phi) is 9.26. The number of morpholine rings is 1. The third-order valence-electron chi connectivity index (χ3n) is 6.47. The van der Waals surface area contributed by atoms with Gasteiger partial charge < -0.3 is 24.4 Å². The molecule has 1 aliphatic heterocycles. The van der Waals surface area contributed by atoms with Gasteiger partial charge in [-0.05, 0) is 71.6 Å². The maximum atomic E-state index is 12.2. The van der Waals surface area contributed by atoms with Crippen molar-refractivity contribution in [2.24, 2.45) is 0 Å². The summed E-state index contributed by atoms with van der Waals surface area (Å²) in [6.45, 7) is 10.3. The number of nitrogens with zero attached hydrogens (tertiary/aromatic N) is 2. The van der Waals surface area contributed by atoms with Crippen LogP contribution in [0.3, 0.4) is 0 Å². The van der Waals surface area contributed by atoms with E-state index < -0.39 is 6.09 Å². The van der Waals surface area contributed by atoms with Crippen molar-refractivity contribution in [3.63, 3.8) is 0 Å². The van der Waals surface area contributed by atoms with E-state index in [1.54, 1.807) is 11.3 Å². The highest BCUT2D eigenvalue weighted by atomic mass is 32.1. The molecule has 2 aromatic rings. The van der Waals surface area contributed by atoms with E-state index in [4.69, 9.17) is 19.2 Å². The van der Waals surface area contributed by atoms with E-state index in [-0.39, 0.29) is 24.3 Å². The lowest BCUT2D eigenvalue weighted by atomic mass is 9.86. The van der Waals surface area contributed by atoms with E-state index in [0.29, 0.717) is 24.8 Å². The molecule has 9 nitrogen and oxygen atoms in total. The number of nitrogens with one attached hydrogen (secondary N) is 2. The second-order valence-electron chi connectivity index (χ2n) is 10.1. The van der Waals surface area contributed by atoms with Gasteiger partial charge in [0.15, 0.2) is 0 Å². The molecule has 0 atom stereocenters. The largest absolute Gasteiger partial charge is 0.447 e. The number of anilines is 2. The highest BCUT2D eigenvalue weighted by molar-refractivity contribution is 7.15. The average Bonchev–Trinajstić information content (AvgIpc) is 3.34. The lowest BCUT2D eigenvalue weighted by molar-refractivity contribution is 0.109. The molecule has 1 aromatic heterocycles. The molecule has 1 saturated carbocycles. The summed E-state index contributed by atoms with van der Waals surface area (Å²) in [6, 6.07) is 6.12. The Morgan fingerprint density at radius 2 is 1.70 bits per heavy atom. The second kappa shape index (κ2) is 12.6. The zero-order valence-corrected chi connectivity index (χ0v) is 22.9. The standard InChI is InChI=1S/C27H38N4O5S/c1-17(2)35-26(32)29-20-7-5-19(6-8-20)25-28-16-24(37-25)22-10-9-21(30-27(33)36-18(3)4)15-23(22)31-11-13-34-14-12-31/h9-10,15-20H,5-8,11-14H2,1-4H3,(H,29,32)(H,30,33). The van der Waals surface area contributed by atoms with Crippen LogP contribution in [0.25, 0.3) is 10.4 Å². The van der Waals surface area contributed by atoms with Gasteiger partial charge in [0.1, 0.15) is 0 Å². The summed E-state index contributed by atoms with van der Waals surface area (Å²) in [5, 5.41) is 6.97. The Balaban J connectivity index is 1.46. The molecular weight excluding hydrogens is 492 g/mol. The third-order valence-corrected chi connectivity index (χ3v) is 7.66. The summed E-state index contributed by atoms with van der Waals surface area (Å²) >= 11 is 1.73. The van der Waals surface area contributed by atoms with E-state index in [9.17, 15) is 9.59 Å². The van der Waals surface area contributed by atoms with Gasteiger partial charge in [0.05, 0.1) is 35.3 Å². The van der Waals surface area contributed by atoms with E-state index >= 15 is 0 Å². The minimum Gasteiger partial charge on any atom is -0.447 e. The first kappa shape index (κ1) is 27.2. The molecule has 202 valence electrons. The summed E-state index contributed by atoms with van der Waals surface area (Å²) < 4.78 is 16.0. The van der Waals surface area contributed by atoms with Gasteiger partial charge in [0.2, 0.25) is 0 Å². The average molecular weight is 531 g/mol. The van der Waals surface area contributed by atoms with Gasteiger partial charge in [-0.3, -0.25) is 5.32 Å². The van der Waals surface area contributed by atoms with Gasteiger partial charge in [-0.15, -0.1) is 11.3 Å². The van der Waals surface area contributed by atoms with Gasteiger partial charge in [0, 0.05) is 48.2 Å². The monoisotopic (exact) mass is 530 g/mol. The summed E-state index contributed by atoms with van der Waals surface area (Å²) in [4.78, 5) is 32.3. The minimum atomic E-state index is -0.460. The van der Waals surface area contributed by atoms with Crippen LogP contribution in [0.5, 0.6) is 0 Å². The number of thiazole rings is 1. The molecule has 37 heavy (non-hydrogen) atoms. The quantitative estimate of drug-likeness (QED) is 0.469. The van der Waals surface area contributed by atoms with Crippen LogP contribution in [-0.2, 0) is 14.2 Å². The maximum Gasteiger partial charge on any atom is 0.411 e. The third kappa shape index (κ3) is 7.58. The Labute approximate surface area is 222 Å². The van der Waals surface area contributed by atoms with Crippen LogP contribution in [0.15, 0.2) is 24.4 Å². The molecule has 1 aliphatic carbocycles. The number of hydrogen-bond donors (Lipinski definition) is 2. The highest BCUT2D eigenvalue weighted by Crippen LogP contribution is 2.41. The molecule has 2 heterocycles. The van der Waals surface area contributed by atoms with Gasteiger partial charge in [-0.1, -0.05) is 0 Å². The molecule has 0 unspecified atom stereocenters. The number of carbonyl (C=O) groups excluding carboxylic acids is 2. The number of rotatable bonds is 7. The highest BCUT2D eigenvalue weighted by Gasteiger charge is 2.27. The summed E-state index contributed by atoms with van der Waals surface area (Å²) in [5.41, 5.74) is 2.85. The van der Waals surface area contributed by atoms with Gasteiger partial charge in [-0.25, -0.2) is 14.6 Å². The van der Waals surface area contributed by atoms with Crippen molar-refractivity contribution in [3.8, 4) is 10.4 Å². The van der Waals surface area contributed by atoms with Crippen LogP contribution in [-0.4, -0.2) is 61.7 Å². The smallest absolute Gasteiger partial charge is 0.411 e. The number of hydrogen-bond acceptors (Lipinski definition) is 8. The van der Waals surface area contributed by atoms with Crippen molar-refractivity contribution in [2.45, 2.75) is 77.5 Å². The zero-order valence-electron chi connectivity index (χ0n) is 22.1. The molecule has 4 rings (SSSR count). The molecule has 0 radical (unpaired) electrons. The van der Waals surface area contributed by atoms with Crippen molar-refractivity contribution < 1.29 is 23.8 Å². The van der Waals surface area contributed by atoms with Crippen LogP contribution in [0, 0.1) is 0 Å². The fourth-order valence-corrected chi connectivity index (χ4v) is 5.87. The normalized spacial score (nSPS) is 20.1. The molecule has 2 fully saturated rings. The summed E-state index contributed by atoms with van der Waals surface area (Å²) in [6.07, 6.45) is 4.66. The Morgan fingerprint density at radius 3 is 2.38 bits per heavy atom. The van der Waals surface area contributed by atoms with Crippen molar-refractivity contribution >= 4 is 34.9 Å². The number of ether oxygens (including phenoxy) is 3. The Hall–Kier alpha value is -2.85. The van der Waals surface area contributed by atoms with Crippen molar-refractivity contribution in [1.29, 1.82) is 0 Å². The molecule has 1 saturated heterocycles. The van der Waals surface area contributed by atoms with Crippen LogP contribution >= 0.6 is 11.3 Å². The van der Waals surface area contributed by atoms with Crippen molar-refractivity contribution in [3.05, 3.63) is 29.4 Å². The molecule has 2 N–H and O–H groups in total. The first-order valence-corrected chi connectivity index (χ1v) is 14.0. The topological polar surface area (TPSA) is 102 Å². The van der Waals surface area contributed by atoms with Crippen molar-refractivity contribution in [1.82, 2.24) is 10.3 Å². The molecule has 1 aromatic carbocycles. The summed E-state index contributed by atoms with van der Waals surface area (Å²) in [7, 11) is 0. The molecule has 2 amide bonds. The first-order valence-electron chi connectivity index (χ1n) is 13.2. The number of amides is 2. The van der Waals surface area contributed by atoms with E-state index in [2.05, 4.69) is 15.5 Å². The van der Waals surface area contributed by atoms with Crippen LogP contribution in [0.4, 0.5) is 21.0 Å². The minimum absolute atomic E-state index is 0.119. The number of aromatic nitrogens is 1. The van der Waals surface area contributed by atoms with Gasteiger partial charge in [0.25, 0.3) is 0 Å². The van der Waals surface area contributed by atoms with Crippen LogP contribution in [0.2, 0.25) is 0 Å². The zero-order chi connectivity index (χ0) is 26.4. The molecule has 10 heteroatoms. The van der Waals surface area contributed by atoms with E-state index in [1.165, 1.54) is 0 Å². The predicted octanol–water partition coefficient (Wildman–Crippen LogP) is 5.76.